The lowest BCUT2D eigenvalue weighted by molar-refractivity contribution is 0.195. The van der Waals surface area contributed by atoms with E-state index in [-0.39, 0.29) is 0 Å². The minimum Gasteiger partial charge on any atom is -0.387 e. The maximum Gasteiger partial charge on any atom is 0.113 e. The van der Waals surface area contributed by atoms with E-state index in [0.717, 1.165) is 10.9 Å². The van der Waals surface area contributed by atoms with Crippen LogP contribution in [0.1, 0.15) is 18.7 Å². The molecule has 1 atom stereocenters. The molecule has 2 nitrogen and oxygen atoms in total. The van der Waals surface area contributed by atoms with Crippen molar-refractivity contribution in [2.75, 3.05) is 0 Å². The smallest absolute Gasteiger partial charge is 0.113 e. The average Bonchev–Trinajstić information content (AvgIpc) is 2.16. The summed E-state index contributed by atoms with van der Waals surface area (Å²) in [5, 5.41) is 10.4. The van der Waals surface area contributed by atoms with Gasteiger partial charge >= 0.3 is 0 Å². The third-order valence-electron chi connectivity index (χ3n) is 2.17. The van der Waals surface area contributed by atoms with Crippen molar-refractivity contribution in [2.45, 2.75) is 13.0 Å². The molecule has 0 saturated heterocycles. The SMILES string of the molecule is [B]c1ccc2ccc([C@@H](C)O)nc2c1. The van der Waals surface area contributed by atoms with Crippen LogP contribution in [0.15, 0.2) is 30.3 Å². The maximum absolute atomic E-state index is 9.36. The number of hydrogen-bond acceptors (Lipinski definition) is 2. The Morgan fingerprint density at radius 1 is 1.29 bits per heavy atom. The molecule has 1 aromatic heterocycles. The summed E-state index contributed by atoms with van der Waals surface area (Å²) in [7, 11) is 5.65. The standard InChI is InChI=1S/C11H10BNO/c1-7(14)10-5-3-8-2-4-9(12)6-11(8)13-10/h2-7,14H,1H3/t7-/m1/s1. The Morgan fingerprint density at radius 3 is 2.71 bits per heavy atom. The molecule has 2 rings (SSSR count). The highest BCUT2D eigenvalue weighted by molar-refractivity contribution is 6.33. The number of pyridine rings is 1. The van der Waals surface area contributed by atoms with Crippen LogP contribution in [0, 0.1) is 0 Å². The predicted octanol–water partition coefficient (Wildman–Crippen LogP) is 1.08. The van der Waals surface area contributed by atoms with Gasteiger partial charge < -0.3 is 5.11 Å². The van der Waals surface area contributed by atoms with E-state index < -0.39 is 6.10 Å². The van der Waals surface area contributed by atoms with E-state index >= 15 is 0 Å². The Hall–Kier alpha value is -1.35. The van der Waals surface area contributed by atoms with Gasteiger partial charge in [-0.1, -0.05) is 23.7 Å². The molecule has 0 unspecified atom stereocenters. The zero-order valence-electron chi connectivity index (χ0n) is 7.94. The lowest BCUT2D eigenvalue weighted by atomic mass is 9.95. The highest BCUT2D eigenvalue weighted by Gasteiger charge is 2.03. The molecule has 0 fully saturated rings. The molecule has 2 radical (unpaired) electrons. The Bertz CT molecular complexity index is 468. The van der Waals surface area contributed by atoms with Gasteiger partial charge in [0.05, 0.1) is 17.3 Å². The maximum atomic E-state index is 9.36. The van der Waals surface area contributed by atoms with Gasteiger partial charge in [-0.05, 0) is 19.1 Å². The number of aliphatic hydroxyl groups is 1. The van der Waals surface area contributed by atoms with E-state index in [1.165, 1.54) is 0 Å². The van der Waals surface area contributed by atoms with Crippen molar-refractivity contribution >= 4 is 24.2 Å². The van der Waals surface area contributed by atoms with Crippen molar-refractivity contribution in [1.29, 1.82) is 0 Å². The summed E-state index contributed by atoms with van der Waals surface area (Å²) >= 11 is 0. The molecule has 68 valence electrons. The second-order valence-corrected chi connectivity index (χ2v) is 3.36. The van der Waals surface area contributed by atoms with Gasteiger partial charge in [0.2, 0.25) is 0 Å². The van der Waals surface area contributed by atoms with E-state index in [1.807, 2.05) is 24.3 Å². The first kappa shape index (κ1) is 9.22. The van der Waals surface area contributed by atoms with Gasteiger partial charge in [0, 0.05) is 5.39 Å². The molecule has 2 aromatic rings. The number of benzene rings is 1. The van der Waals surface area contributed by atoms with Crippen LogP contribution in [-0.2, 0) is 0 Å². The van der Waals surface area contributed by atoms with E-state index in [4.69, 9.17) is 7.85 Å². The van der Waals surface area contributed by atoms with Crippen LogP contribution >= 0.6 is 0 Å². The molecule has 1 heterocycles. The molecule has 0 amide bonds. The Morgan fingerprint density at radius 2 is 2.00 bits per heavy atom. The van der Waals surface area contributed by atoms with Crippen molar-refractivity contribution in [3.05, 3.63) is 36.0 Å². The highest BCUT2D eigenvalue weighted by atomic mass is 16.3. The Balaban J connectivity index is 2.63. The first-order valence-electron chi connectivity index (χ1n) is 4.51. The van der Waals surface area contributed by atoms with Gasteiger partial charge in [0.25, 0.3) is 0 Å². The Labute approximate surface area is 84.0 Å². The molecular formula is C11H10BNO. The zero-order chi connectivity index (χ0) is 10.1. The van der Waals surface area contributed by atoms with Gasteiger partial charge in [-0.15, -0.1) is 0 Å². The summed E-state index contributed by atoms with van der Waals surface area (Å²) in [5.41, 5.74) is 2.18. The van der Waals surface area contributed by atoms with Gasteiger partial charge in [-0.2, -0.15) is 0 Å². The molecular weight excluding hydrogens is 173 g/mol. The van der Waals surface area contributed by atoms with Gasteiger partial charge in [-0.25, -0.2) is 0 Å². The third-order valence-corrected chi connectivity index (χ3v) is 2.17. The molecule has 0 aliphatic carbocycles. The fourth-order valence-electron chi connectivity index (χ4n) is 1.38. The molecule has 0 saturated carbocycles. The van der Waals surface area contributed by atoms with Crippen LogP contribution in [0.5, 0.6) is 0 Å². The van der Waals surface area contributed by atoms with Crippen LogP contribution in [0.3, 0.4) is 0 Å². The van der Waals surface area contributed by atoms with E-state index in [1.54, 1.807) is 13.0 Å². The number of aromatic nitrogens is 1. The number of rotatable bonds is 1. The normalized spacial score (nSPS) is 13.0. The molecule has 0 aliphatic heterocycles. The van der Waals surface area contributed by atoms with Crippen molar-refractivity contribution in [3.63, 3.8) is 0 Å². The average molecular weight is 183 g/mol. The molecule has 1 N–H and O–H groups in total. The first-order chi connectivity index (χ1) is 6.66. The summed E-state index contributed by atoms with van der Waals surface area (Å²) < 4.78 is 0. The van der Waals surface area contributed by atoms with Crippen molar-refractivity contribution in [2.24, 2.45) is 0 Å². The minimum atomic E-state index is -0.541. The topological polar surface area (TPSA) is 33.1 Å². The van der Waals surface area contributed by atoms with Crippen molar-refractivity contribution in [1.82, 2.24) is 4.98 Å². The number of nitrogens with zero attached hydrogens (tertiary/aromatic N) is 1. The molecule has 14 heavy (non-hydrogen) atoms. The van der Waals surface area contributed by atoms with Crippen LogP contribution in [0.4, 0.5) is 0 Å². The van der Waals surface area contributed by atoms with Gasteiger partial charge in [0.15, 0.2) is 0 Å². The van der Waals surface area contributed by atoms with Crippen molar-refractivity contribution < 1.29 is 5.11 Å². The third kappa shape index (κ3) is 1.63. The fourth-order valence-corrected chi connectivity index (χ4v) is 1.38. The highest BCUT2D eigenvalue weighted by Crippen LogP contribution is 2.14. The Kier molecular flexibility index (Phi) is 2.26. The molecule has 0 aliphatic rings. The summed E-state index contributed by atoms with van der Waals surface area (Å²) in [4.78, 5) is 4.31. The molecule has 3 heteroatoms. The lowest BCUT2D eigenvalue weighted by Gasteiger charge is -2.05. The summed E-state index contributed by atoms with van der Waals surface area (Å²) in [6.07, 6.45) is -0.541. The summed E-state index contributed by atoms with van der Waals surface area (Å²) in [6, 6.07) is 9.32. The fraction of sp³-hybridized carbons (Fsp3) is 0.182. The van der Waals surface area contributed by atoms with Gasteiger partial charge in [-0.3, -0.25) is 4.98 Å². The van der Waals surface area contributed by atoms with Crippen LogP contribution in [0.25, 0.3) is 10.9 Å². The van der Waals surface area contributed by atoms with Gasteiger partial charge in [0.1, 0.15) is 7.85 Å². The van der Waals surface area contributed by atoms with Crippen LogP contribution in [0.2, 0.25) is 0 Å². The molecule has 1 aromatic carbocycles. The second-order valence-electron chi connectivity index (χ2n) is 3.36. The molecule has 0 spiro atoms. The first-order valence-corrected chi connectivity index (χ1v) is 4.51. The summed E-state index contributed by atoms with van der Waals surface area (Å²) in [6.45, 7) is 1.69. The van der Waals surface area contributed by atoms with Crippen LogP contribution < -0.4 is 5.46 Å². The minimum absolute atomic E-state index is 0.541. The second kappa shape index (κ2) is 3.43. The van der Waals surface area contributed by atoms with Crippen LogP contribution in [-0.4, -0.2) is 17.9 Å². The quantitative estimate of drug-likeness (QED) is 0.671. The monoisotopic (exact) mass is 183 g/mol. The van der Waals surface area contributed by atoms with E-state index in [2.05, 4.69) is 4.98 Å². The van der Waals surface area contributed by atoms with E-state index in [0.29, 0.717) is 11.2 Å². The predicted molar refractivity (Wildman–Crippen MR) is 57.8 cm³/mol. The number of fused-ring (bicyclic) bond motifs is 1. The number of aliphatic hydroxyl groups excluding tert-OH is 1. The van der Waals surface area contributed by atoms with Crippen molar-refractivity contribution in [3.8, 4) is 0 Å². The largest absolute Gasteiger partial charge is 0.387 e. The lowest BCUT2D eigenvalue weighted by Crippen LogP contribution is -2.02. The van der Waals surface area contributed by atoms with E-state index in [9.17, 15) is 5.11 Å². The molecule has 0 bridgehead atoms. The zero-order valence-corrected chi connectivity index (χ0v) is 7.94. The number of hydrogen-bond donors (Lipinski definition) is 1. The summed E-state index contributed by atoms with van der Waals surface area (Å²) in [5.74, 6) is 0.